The summed E-state index contributed by atoms with van der Waals surface area (Å²) in [5.74, 6) is -0.279. The predicted octanol–water partition coefficient (Wildman–Crippen LogP) is 2.56. The molecule has 0 aromatic heterocycles. The molecule has 0 atom stereocenters. The molecule has 2 heteroatoms. The van der Waals surface area contributed by atoms with Crippen molar-refractivity contribution < 1.29 is 4.39 Å². The summed E-state index contributed by atoms with van der Waals surface area (Å²) >= 11 is 3.28. The van der Waals surface area contributed by atoms with Crippen LogP contribution < -0.4 is 0 Å². The lowest BCUT2D eigenvalue weighted by molar-refractivity contribution is 0.623. The topological polar surface area (TPSA) is 0 Å². The molecule has 10 heavy (non-hydrogen) atoms. The highest BCUT2D eigenvalue weighted by atomic mass is 79.9. The molecule has 0 nitrogen and oxygen atoms in total. The fourth-order valence-electron chi connectivity index (χ4n) is 0.745. The van der Waals surface area contributed by atoms with Gasteiger partial charge in [-0.15, -0.1) is 0 Å². The van der Waals surface area contributed by atoms with Crippen molar-refractivity contribution in [3.63, 3.8) is 0 Å². The zero-order chi connectivity index (χ0) is 7.40. The zero-order valence-corrected chi connectivity index (χ0v) is 6.99. The first-order chi connectivity index (χ1) is 4.83. The van der Waals surface area contributed by atoms with Crippen LogP contribution in [0.1, 0.15) is 5.56 Å². The predicted molar refractivity (Wildman–Crippen MR) is 42.7 cm³/mol. The molecule has 0 aliphatic heterocycles. The Balaban J connectivity index is 2.75. The number of benzene rings is 1. The minimum absolute atomic E-state index is 0.279. The molecule has 1 aromatic rings. The molecule has 53 valence electrons. The molecule has 1 aromatic carbocycles. The normalized spacial score (nSPS) is 9.80. The Bertz CT molecular complexity index is 210. The third kappa shape index (κ3) is 2.10. The van der Waals surface area contributed by atoms with Crippen LogP contribution >= 0.6 is 15.9 Å². The van der Waals surface area contributed by atoms with E-state index >= 15 is 0 Å². The number of halogens is 2. The van der Waals surface area contributed by atoms with Gasteiger partial charge in [-0.05, 0) is 18.1 Å². The highest BCUT2D eigenvalue weighted by Gasteiger charge is 1.92. The minimum Gasteiger partial charge on any atom is -0.206 e. The van der Waals surface area contributed by atoms with Gasteiger partial charge >= 0.3 is 0 Å². The molecule has 0 saturated heterocycles. The van der Waals surface area contributed by atoms with E-state index < -0.39 is 0 Å². The number of hydrogen-bond donors (Lipinski definition) is 0. The summed E-state index contributed by atoms with van der Waals surface area (Å²) < 4.78 is 12.4. The summed E-state index contributed by atoms with van der Waals surface area (Å²) in [6.45, 7) is 0. The number of aryl methyl sites for hydroxylation is 1. The van der Waals surface area contributed by atoms with E-state index in [-0.39, 0.29) is 5.82 Å². The van der Waals surface area contributed by atoms with E-state index in [4.69, 9.17) is 0 Å². The molecule has 0 saturated carbocycles. The Kier molecular flexibility index (Phi) is 2.87. The quantitative estimate of drug-likeness (QED) is 0.646. The Hall–Kier alpha value is -0.370. The molecular formula is C8H7BrF. The second-order valence-corrected chi connectivity index (χ2v) is 2.78. The lowest BCUT2D eigenvalue weighted by atomic mass is 10.2. The molecule has 0 aliphatic rings. The van der Waals surface area contributed by atoms with Crippen LogP contribution in [0.4, 0.5) is 4.39 Å². The number of hydrogen-bond acceptors (Lipinski definition) is 0. The van der Waals surface area contributed by atoms with Gasteiger partial charge in [0.05, 0.1) is 0 Å². The second-order valence-electron chi connectivity index (χ2n) is 1.98. The van der Waals surface area contributed by atoms with Gasteiger partial charge in [-0.3, -0.25) is 0 Å². The summed E-state index contributed by atoms with van der Waals surface area (Å²) in [6, 6.07) is 7.42. The third-order valence-electron chi connectivity index (χ3n) is 1.21. The van der Waals surface area contributed by atoms with Crippen molar-refractivity contribution in [2.45, 2.75) is 6.42 Å². The summed E-state index contributed by atoms with van der Waals surface area (Å²) in [7, 11) is 0. The molecule has 0 amide bonds. The van der Waals surface area contributed by atoms with Gasteiger partial charge in [0, 0.05) is 11.4 Å². The fraction of sp³-hybridized carbons (Fsp3) is 0.250. The van der Waals surface area contributed by atoms with Gasteiger partial charge in [-0.2, -0.15) is 0 Å². The van der Waals surface area contributed by atoms with E-state index in [0.29, 0.717) is 0 Å². The van der Waals surface area contributed by atoms with Crippen molar-refractivity contribution in [3.8, 4) is 0 Å². The molecule has 1 radical (unpaired) electrons. The van der Waals surface area contributed by atoms with Crippen molar-refractivity contribution in [1.82, 2.24) is 0 Å². The largest absolute Gasteiger partial charge is 0.206 e. The minimum atomic E-state index is -0.279. The summed E-state index contributed by atoms with van der Waals surface area (Å²) in [5, 5.41) is 0.871. The number of rotatable bonds is 2. The maximum absolute atomic E-state index is 12.4. The monoisotopic (exact) mass is 201 g/mol. The van der Waals surface area contributed by atoms with Crippen molar-refractivity contribution in [1.29, 1.82) is 0 Å². The SMILES string of the molecule is Fc1[c]ccc(CCBr)c1. The summed E-state index contributed by atoms with van der Waals surface area (Å²) in [6.07, 6.45) is 0.867. The van der Waals surface area contributed by atoms with Crippen LogP contribution in [-0.2, 0) is 6.42 Å². The molecule has 0 unspecified atom stereocenters. The Morgan fingerprint density at radius 3 is 3.00 bits per heavy atom. The third-order valence-corrected chi connectivity index (χ3v) is 1.61. The highest BCUT2D eigenvalue weighted by molar-refractivity contribution is 9.09. The first-order valence-corrected chi connectivity index (χ1v) is 4.17. The van der Waals surface area contributed by atoms with Gasteiger partial charge in [-0.1, -0.05) is 28.1 Å². The summed E-state index contributed by atoms with van der Waals surface area (Å²) in [4.78, 5) is 0. The molecule has 0 fully saturated rings. The Morgan fingerprint density at radius 1 is 1.60 bits per heavy atom. The van der Waals surface area contributed by atoms with E-state index in [2.05, 4.69) is 22.0 Å². The van der Waals surface area contributed by atoms with Crippen LogP contribution in [0.15, 0.2) is 18.2 Å². The zero-order valence-electron chi connectivity index (χ0n) is 5.40. The molecular weight excluding hydrogens is 195 g/mol. The lowest BCUT2D eigenvalue weighted by Gasteiger charge is -1.94. The molecule has 1 rings (SSSR count). The van der Waals surface area contributed by atoms with Gasteiger partial charge in [0.2, 0.25) is 0 Å². The van der Waals surface area contributed by atoms with Crippen molar-refractivity contribution >= 4 is 15.9 Å². The van der Waals surface area contributed by atoms with E-state index in [1.807, 2.05) is 6.07 Å². The Morgan fingerprint density at radius 2 is 2.40 bits per heavy atom. The number of alkyl halides is 1. The van der Waals surface area contributed by atoms with E-state index in [9.17, 15) is 4.39 Å². The van der Waals surface area contributed by atoms with Crippen molar-refractivity contribution in [2.75, 3.05) is 5.33 Å². The fourth-order valence-corrected chi connectivity index (χ4v) is 1.20. The Labute approximate surface area is 68.2 Å². The molecule has 0 heterocycles. The smallest absolute Gasteiger partial charge is 0.131 e. The van der Waals surface area contributed by atoms with E-state index in [0.717, 1.165) is 17.3 Å². The van der Waals surface area contributed by atoms with Crippen LogP contribution in [-0.4, -0.2) is 5.33 Å². The first kappa shape index (κ1) is 7.73. The van der Waals surface area contributed by atoms with Crippen molar-refractivity contribution in [3.05, 3.63) is 35.6 Å². The summed E-state index contributed by atoms with van der Waals surface area (Å²) in [5.41, 5.74) is 1.01. The lowest BCUT2D eigenvalue weighted by Crippen LogP contribution is -1.85. The van der Waals surface area contributed by atoms with E-state index in [1.165, 1.54) is 6.07 Å². The van der Waals surface area contributed by atoms with Gasteiger partial charge in [0.25, 0.3) is 0 Å². The van der Waals surface area contributed by atoms with Gasteiger partial charge in [-0.25, -0.2) is 4.39 Å². The molecule has 0 spiro atoms. The maximum atomic E-state index is 12.4. The average Bonchev–Trinajstić information content (AvgIpc) is 1.88. The van der Waals surface area contributed by atoms with E-state index in [1.54, 1.807) is 6.07 Å². The highest BCUT2D eigenvalue weighted by Crippen LogP contribution is 2.04. The molecule has 0 bridgehead atoms. The van der Waals surface area contributed by atoms with Crippen molar-refractivity contribution in [2.24, 2.45) is 0 Å². The van der Waals surface area contributed by atoms with Gasteiger partial charge in [0.15, 0.2) is 0 Å². The van der Waals surface area contributed by atoms with Crippen LogP contribution in [0.5, 0.6) is 0 Å². The van der Waals surface area contributed by atoms with Crippen LogP contribution in [0.2, 0.25) is 0 Å². The average molecular weight is 202 g/mol. The standard InChI is InChI=1S/C8H7BrF/c9-5-4-7-2-1-3-8(10)6-7/h1-2,6H,4-5H2. The maximum Gasteiger partial charge on any atom is 0.131 e. The molecule has 0 N–H and O–H groups in total. The second kappa shape index (κ2) is 3.71. The van der Waals surface area contributed by atoms with Crippen LogP contribution in [0.3, 0.4) is 0 Å². The van der Waals surface area contributed by atoms with Gasteiger partial charge < -0.3 is 0 Å². The molecule has 0 aliphatic carbocycles. The van der Waals surface area contributed by atoms with Crippen LogP contribution in [0, 0.1) is 11.9 Å². The van der Waals surface area contributed by atoms with Crippen LogP contribution in [0.25, 0.3) is 0 Å². The van der Waals surface area contributed by atoms with Gasteiger partial charge in [0.1, 0.15) is 5.82 Å². The first-order valence-electron chi connectivity index (χ1n) is 3.05.